The van der Waals surface area contributed by atoms with Crippen molar-refractivity contribution in [3.05, 3.63) is 72.1 Å². The number of halogens is 3. The first-order valence-corrected chi connectivity index (χ1v) is 15.5. The number of hydrogen-bond donors (Lipinski definition) is 0. The van der Waals surface area contributed by atoms with Crippen molar-refractivity contribution in [1.82, 2.24) is 13.9 Å². The average Bonchev–Trinajstić information content (AvgIpc) is 3.61. The average molecular weight is 646 g/mol. The Bertz CT molecular complexity index is 1900. The molecular formula is C30H30F3N5O6S. The van der Waals surface area contributed by atoms with Gasteiger partial charge in [-0.15, -0.1) is 0 Å². The topological polar surface area (TPSA) is 124 Å². The molecule has 1 unspecified atom stereocenters. The van der Waals surface area contributed by atoms with Gasteiger partial charge >= 0.3 is 6.18 Å². The molecule has 3 aromatic rings. The lowest BCUT2D eigenvalue weighted by Gasteiger charge is -2.31. The van der Waals surface area contributed by atoms with Crippen LogP contribution in [0.1, 0.15) is 38.4 Å². The van der Waals surface area contributed by atoms with Gasteiger partial charge in [-0.2, -0.15) is 13.2 Å². The summed E-state index contributed by atoms with van der Waals surface area (Å²) in [6.07, 6.45) is 1.23. The number of alkyl halides is 3. The van der Waals surface area contributed by atoms with Gasteiger partial charge in [-0.3, -0.25) is 19.4 Å². The van der Waals surface area contributed by atoms with E-state index >= 15 is 0 Å². The van der Waals surface area contributed by atoms with Crippen LogP contribution in [0.4, 0.5) is 24.8 Å². The van der Waals surface area contributed by atoms with Crippen LogP contribution in [0.5, 0.6) is 0 Å². The maximum absolute atomic E-state index is 14.2. The molecule has 238 valence electrons. The van der Waals surface area contributed by atoms with Gasteiger partial charge in [0.1, 0.15) is 28.5 Å². The molecule has 0 spiro atoms. The molecule has 0 radical (unpaired) electrons. The molecule has 45 heavy (non-hydrogen) atoms. The summed E-state index contributed by atoms with van der Waals surface area (Å²) in [6, 6.07) is 4.76. The molecule has 4 atom stereocenters. The normalized spacial score (nSPS) is 26.1. The zero-order valence-electron chi connectivity index (χ0n) is 24.9. The Kier molecular flexibility index (Phi) is 7.02. The van der Waals surface area contributed by atoms with E-state index in [-0.39, 0.29) is 29.4 Å². The van der Waals surface area contributed by atoms with Crippen molar-refractivity contribution >= 4 is 44.5 Å². The van der Waals surface area contributed by atoms with Crippen LogP contribution in [0, 0.1) is 6.92 Å². The highest BCUT2D eigenvalue weighted by molar-refractivity contribution is 7.91. The summed E-state index contributed by atoms with van der Waals surface area (Å²) in [7, 11) is -2.63. The number of pyridine rings is 2. The van der Waals surface area contributed by atoms with Gasteiger partial charge in [0.2, 0.25) is 10.0 Å². The van der Waals surface area contributed by atoms with E-state index in [0.717, 1.165) is 19.8 Å². The minimum atomic E-state index is -4.73. The lowest BCUT2D eigenvalue weighted by atomic mass is 10.0. The van der Waals surface area contributed by atoms with Crippen LogP contribution in [0.3, 0.4) is 0 Å². The molecular weight excluding hydrogens is 615 g/mol. The van der Waals surface area contributed by atoms with Gasteiger partial charge in [0.25, 0.3) is 11.8 Å². The van der Waals surface area contributed by atoms with Crippen LogP contribution in [0.15, 0.2) is 60.8 Å². The van der Waals surface area contributed by atoms with Gasteiger partial charge in [0.05, 0.1) is 5.56 Å². The lowest BCUT2D eigenvalue weighted by molar-refractivity contribution is -0.161. The number of carbonyl (C=O) groups excluding carboxylic acids is 2. The molecule has 3 aliphatic rings. The molecule has 0 bridgehead atoms. The second-order valence-electron chi connectivity index (χ2n) is 11.9. The molecule has 1 aliphatic carbocycles. The molecule has 0 N–H and O–H groups in total. The van der Waals surface area contributed by atoms with Gasteiger partial charge in [-0.25, -0.2) is 22.4 Å². The minimum absolute atomic E-state index is 0.0162. The van der Waals surface area contributed by atoms with Crippen LogP contribution < -0.4 is 9.80 Å². The first-order valence-electron chi connectivity index (χ1n) is 14.0. The molecule has 5 heterocycles. The first-order chi connectivity index (χ1) is 20.9. The van der Waals surface area contributed by atoms with E-state index in [9.17, 15) is 31.2 Å². The van der Waals surface area contributed by atoms with E-state index in [1.54, 1.807) is 57.2 Å². The number of rotatable bonds is 5. The number of fused-ring (bicyclic) bond motifs is 2. The third-order valence-corrected chi connectivity index (χ3v) is 10.5. The molecule has 2 aliphatic heterocycles. The summed E-state index contributed by atoms with van der Waals surface area (Å²) < 4.78 is 80.2. The largest absolute Gasteiger partial charge is 0.416 e. The smallest absolute Gasteiger partial charge is 0.341 e. The van der Waals surface area contributed by atoms with Gasteiger partial charge in [0, 0.05) is 24.3 Å². The maximum atomic E-state index is 14.2. The number of anilines is 2. The number of hydrogen-bond acceptors (Lipinski definition) is 8. The second kappa shape index (κ2) is 10.2. The van der Waals surface area contributed by atoms with E-state index in [4.69, 9.17) is 9.47 Å². The molecule has 2 saturated heterocycles. The van der Waals surface area contributed by atoms with Gasteiger partial charge in [0.15, 0.2) is 17.5 Å². The van der Waals surface area contributed by atoms with Crippen molar-refractivity contribution in [2.24, 2.45) is 0 Å². The fourth-order valence-electron chi connectivity index (χ4n) is 5.87. The number of ether oxygens (including phenoxy) is 2. The third kappa shape index (κ3) is 5.02. The molecule has 15 heteroatoms. The van der Waals surface area contributed by atoms with E-state index in [0.29, 0.717) is 11.5 Å². The summed E-state index contributed by atoms with van der Waals surface area (Å²) in [5.74, 6) is -3.14. The molecule has 0 saturated carbocycles. The highest BCUT2D eigenvalue weighted by atomic mass is 32.2. The van der Waals surface area contributed by atoms with Crippen molar-refractivity contribution in [2.75, 3.05) is 16.8 Å². The number of nitrogens with zero attached hydrogens (tertiary/aromatic N) is 5. The first kappa shape index (κ1) is 30.9. The standard InChI is InChI=1S/C30H30F3N5O6S/c1-17-15-19(30(31,32)33)16-21(34-17)38-22(23-24(27(38)40)44-28(2,3)43-23)26(39)36(5)20-10-9-18-11-14-37(25(18)35-20)45(41,42)29(4)12-7-6-8-13-29/h6-12,14-16,22-24H,13H2,1-5H3/t22-,23-,24-,29?/m0/s1. The molecule has 3 aromatic heterocycles. The van der Waals surface area contributed by atoms with Crippen LogP contribution >= 0.6 is 0 Å². The highest BCUT2D eigenvalue weighted by Crippen LogP contribution is 2.42. The number of carbonyl (C=O) groups is 2. The predicted molar refractivity (Wildman–Crippen MR) is 158 cm³/mol. The van der Waals surface area contributed by atoms with Crippen LogP contribution in [0.25, 0.3) is 11.0 Å². The molecule has 11 nitrogen and oxygen atoms in total. The van der Waals surface area contributed by atoms with Crippen LogP contribution in [-0.2, 0) is 35.3 Å². The quantitative estimate of drug-likeness (QED) is 0.406. The van der Waals surface area contributed by atoms with Gasteiger partial charge < -0.3 is 9.47 Å². The Balaban J connectivity index is 1.41. The van der Waals surface area contributed by atoms with E-state index in [2.05, 4.69) is 9.97 Å². The van der Waals surface area contributed by atoms with E-state index in [1.165, 1.54) is 26.2 Å². The minimum Gasteiger partial charge on any atom is -0.341 e. The maximum Gasteiger partial charge on any atom is 0.416 e. The number of aryl methyl sites for hydroxylation is 1. The summed E-state index contributed by atoms with van der Waals surface area (Å²) in [5, 5.41) is 0.498. The Morgan fingerprint density at radius 2 is 1.82 bits per heavy atom. The van der Waals surface area contributed by atoms with Crippen molar-refractivity contribution in [3.63, 3.8) is 0 Å². The number of amides is 2. The number of likely N-dealkylation sites (N-methyl/N-ethyl adjacent to an activating group) is 1. The van der Waals surface area contributed by atoms with Crippen molar-refractivity contribution in [1.29, 1.82) is 0 Å². The zero-order chi connectivity index (χ0) is 32.7. The monoisotopic (exact) mass is 645 g/mol. The number of allylic oxidation sites excluding steroid dienone is 3. The fourth-order valence-corrected chi connectivity index (χ4v) is 7.47. The number of aromatic nitrogens is 3. The molecule has 2 fully saturated rings. The summed E-state index contributed by atoms with van der Waals surface area (Å²) in [5.41, 5.74) is -0.981. The summed E-state index contributed by atoms with van der Waals surface area (Å²) >= 11 is 0. The fraction of sp³-hybridized carbons (Fsp3) is 0.400. The zero-order valence-corrected chi connectivity index (χ0v) is 25.8. The Morgan fingerprint density at radius 1 is 1.09 bits per heavy atom. The summed E-state index contributed by atoms with van der Waals surface area (Å²) in [6.45, 7) is 6.07. The highest BCUT2D eigenvalue weighted by Gasteiger charge is 2.61. The SMILES string of the molecule is Cc1cc(C(F)(F)F)cc(N2C(=O)[C@H]3OC(C)(C)O[C@H]3[C@H]2C(=O)N(C)c2ccc3ccn(S(=O)(=O)C4(C)C=CC=CC4)c3n2)n1. The Hall–Kier alpha value is -4.08. The molecule has 2 amide bonds. The molecule has 0 aromatic carbocycles. The predicted octanol–water partition coefficient (Wildman–Crippen LogP) is 4.11. The molecule has 6 rings (SSSR count). The Morgan fingerprint density at radius 3 is 2.49 bits per heavy atom. The van der Waals surface area contributed by atoms with Gasteiger partial charge in [-0.05, 0) is 64.4 Å². The second-order valence-corrected chi connectivity index (χ2v) is 14.2. The van der Waals surface area contributed by atoms with E-state index < -0.39 is 62.4 Å². The van der Waals surface area contributed by atoms with Crippen molar-refractivity contribution < 1.29 is 40.7 Å². The van der Waals surface area contributed by atoms with Crippen molar-refractivity contribution in [2.45, 2.75) is 69.1 Å². The Labute approximate surface area is 257 Å². The van der Waals surface area contributed by atoms with E-state index in [1.807, 2.05) is 0 Å². The third-order valence-electron chi connectivity index (χ3n) is 8.20. The summed E-state index contributed by atoms with van der Waals surface area (Å²) in [4.78, 5) is 38.5. The van der Waals surface area contributed by atoms with Crippen molar-refractivity contribution in [3.8, 4) is 0 Å². The van der Waals surface area contributed by atoms with Crippen LogP contribution in [0.2, 0.25) is 0 Å². The van der Waals surface area contributed by atoms with Gasteiger partial charge in [-0.1, -0.05) is 24.3 Å². The van der Waals surface area contributed by atoms with Crippen LogP contribution in [-0.4, -0.2) is 70.0 Å². The lowest BCUT2D eigenvalue weighted by Crippen LogP contribution is -2.51.